The third-order valence-corrected chi connectivity index (χ3v) is 3.53. The van der Waals surface area contributed by atoms with Gasteiger partial charge in [-0.05, 0) is 30.5 Å². The number of benzene rings is 1. The molecule has 0 amide bonds. The number of ether oxygens (including phenoxy) is 2. The van der Waals surface area contributed by atoms with Gasteiger partial charge in [-0.25, -0.2) is 4.68 Å². The number of rotatable bonds is 7. The topological polar surface area (TPSA) is 69.4 Å². The molecule has 0 fully saturated rings. The second-order valence-electron chi connectivity index (χ2n) is 5.52. The lowest BCUT2D eigenvalue weighted by molar-refractivity contribution is 0.277. The van der Waals surface area contributed by atoms with E-state index in [0.717, 1.165) is 24.2 Å². The van der Waals surface area contributed by atoms with E-state index < -0.39 is 0 Å². The quantitative estimate of drug-likeness (QED) is 0.851. The number of nitrogens with zero attached hydrogens (tertiary/aromatic N) is 3. The summed E-state index contributed by atoms with van der Waals surface area (Å²) in [6, 6.07) is 5.64. The zero-order valence-electron chi connectivity index (χ0n) is 13.5. The van der Waals surface area contributed by atoms with E-state index in [-0.39, 0.29) is 6.61 Å². The highest BCUT2D eigenvalue weighted by atomic mass is 16.5. The number of aliphatic hydroxyl groups excluding tert-OH is 1. The Morgan fingerprint density at radius 1 is 1.18 bits per heavy atom. The van der Waals surface area contributed by atoms with Gasteiger partial charge in [-0.1, -0.05) is 19.1 Å². The average molecular weight is 305 g/mol. The van der Waals surface area contributed by atoms with Crippen LogP contribution in [0.25, 0.3) is 11.3 Å². The van der Waals surface area contributed by atoms with Gasteiger partial charge in [0.15, 0.2) is 11.5 Å². The largest absolute Gasteiger partial charge is 0.493 e. The minimum atomic E-state index is -0.147. The summed E-state index contributed by atoms with van der Waals surface area (Å²) in [5.41, 5.74) is 2.29. The van der Waals surface area contributed by atoms with Gasteiger partial charge in [-0.2, -0.15) is 0 Å². The second kappa shape index (κ2) is 7.26. The minimum absolute atomic E-state index is 0.147. The van der Waals surface area contributed by atoms with E-state index in [0.29, 0.717) is 23.1 Å². The molecule has 0 aliphatic rings. The Hall–Kier alpha value is -2.08. The molecule has 2 rings (SSSR count). The molecule has 6 heteroatoms. The molecule has 1 N–H and O–H groups in total. The molecule has 2 aromatic rings. The van der Waals surface area contributed by atoms with Crippen LogP contribution in [-0.2, 0) is 13.2 Å². The lowest BCUT2D eigenvalue weighted by Gasteiger charge is -2.12. The Bertz CT molecular complexity index is 623. The smallest absolute Gasteiger partial charge is 0.161 e. The molecule has 0 atom stereocenters. The van der Waals surface area contributed by atoms with Gasteiger partial charge >= 0.3 is 0 Å². The van der Waals surface area contributed by atoms with Crippen molar-refractivity contribution in [2.75, 3.05) is 14.2 Å². The molecular weight excluding hydrogens is 282 g/mol. The van der Waals surface area contributed by atoms with Crippen LogP contribution in [-0.4, -0.2) is 34.3 Å². The monoisotopic (exact) mass is 305 g/mol. The standard InChI is InChI=1S/C16H23N3O3/c1-11(2)7-8-19-16(13(10-20)17-18-19)12-5-6-14(21-3)15(9-12)22-4/h5-6,9,11,20H,7-8,10H2,1-4H3. The van der Waals surface area contributed by atoms with Crippen LogP contribution in [0.3, 0.4) is 0 Å². The van der Waals surface area contributed by atoms with E-state index in [1.807, 2.05) is 22.9 Å². The predicted octanol–water partition coefficient (Wildman–Crippen LogP) is 2.50. The molecule has 0 unspecified atom stereocenters. The Morgan fingerprint density at radius 2 is 1.91 bits per heavy atom. The highest BCUT2D eigenvalue weighted by molar-refractivity contribution is 5.66. The van der Waals surface area contributed by atoms with Gasteiger partial charge in [0.25, 0.3) is 0 Å². The van der Waals surface area contributed by atoms with E-state index in [1.54, 1.807) is 14.2 Å². The molecule has 0 saturated heterocycles. The summed E-state index contributed by atoms with van der Waals surface area (Å²) in [4.78, 5) is 0. The van der Waals surface area contributed by atoms with E-state index in [9.17, 15) is 5.11 Å². The number of hydrogen-bond donors (Lipinski definition) is 1. The third kappa shape index (κ3) is 3.39. The fourth-order valence-corrected chi connectivity index (χ4v) is 2.29. The van der Waals surface area contributed by atoms with Crippen LogP contribution in [0.2, 0.25) is 0 Å². The lowest BCUT2D eigenvalue weighted by Crippen LogP contribution is -2.06. The Labute approximate surface area is 130 Å². The molecule has 120 valence electrons. The van der Waals surface area contributed by atoms with Gasteiger partial charge < -0.3 is 14.6 Å². The number of aryl methyl sites for hydroxylation is 1. The first kappa shape index (κ1) is 16.3. The number of hydrogen-bond acceptors (Lipinski definition) is 5. The minimum Gasteiger partial charge on any atom is -0.493 e. The van der Waals surface area contributed by atoms with Crippen molar-refractivity contribution in [2.45, 2.75) is 33.4 Å². The van der Waals surface area contributed by atoms with Crippen LogP contribution < -0.4 is 9.47 Å². The molecule has 22 heavy (non-hydrogen) atoms. The number of methoxy groups -OCH3 is 2. The molecule has 1 aromatic carbocycles. The van der Waals surface area contributed by atoms with Gasteiger partial charge in [0.2, 0.25) is 0 Å². The molecule has 1 heterocycles. The zero-order chi connectivity index (χ0) is 16.1. The van der Waals surface area contributed by atoms with Crippen LogP contribution in [0, 0.1) is 5.92 Å². The fraction of sp³-hybridized carbons (Fsp3) is 0.500. The first-order chi connectivity index (χ1) is 10.6. The summed E-state index contributed by atoms with van der Waals surface area (Å²) >= 11 is 0. The molecule has 0 radical (unpaired) electrons. The van der Waals surface area contributed by atoms with Crippen molar-refractivity contribution >= 4 is 0 Å². The van der Waals surface area contributed by atoms with Crippen LogP contribution in [0.15, 0.2) is 18.2 Å². The van der Waals surface area contributed by atoms with E-state index in [4.69, 9.17) is 9.47 Å². The van der Waals surface area contributed by atoms with Crippen LogP contribution in [0.4, 0.5) is 0 Å². The van der Waals surface area contributed by atoms with E-state index >= 15 is 0 Å². The summed E-state index contributed by atoms with van der Waals surface area (Å²) in [5, 5.41) is 17.8. The second-order valence-corrected chi connectivity index (χ2v) is 5.52. The van der Waals surface area contributed by atoms with Crippen LogP contribution in [0.5, 0.6) is 11.5 Å². The third-order valence-electron chi connectivity index (χ3n) is 3.53. The maximum absolute atomic E-state index is 9.53. The lowest BCUT2D eigenvalue weighted by atomic mass is 10.1. The number of aliphatic hydroxyl groups is 1. The zero-order valence-corrected chi connectivity index (χ0v) is 13.5. The summed E-state index contributed by atoms with van der Waals surface area (Å²) in [6.07, 6.45) is 0.995. The fourth-order valence-electron chi connectivity index (χ4n) is 2.29. The maximum Gasteiger partial charge on any atom is 0.161 e. The molecule has 0 spiro atoms. The molecule has 0 saturated carbocycles. The van der Waals surface area contributed by atoms with Crippen molar-refractivity contribution in [3.05, 3.63) is 23.9 Å². The van der Waals surface area contributed by atoms with Crippen molar-refractivity contribution in [1.82, 2.24) is 15.0 Å². The highest BCUT2D eigenvalue weighted by Gasteiger charge is 2.16. The molecule has 6 nitrogen and oxygen atoms in total. The summed E-state index contributed by atoms with van der Waals surface area (Å²) < 4.78 is 12.5. The molecule has 0 aliphatic carbocycles. The summed E-state index contributed by atoms with van der Waals surface area (Å²) in [7, 11) is 3.20. The average Bonchev–Trinajstić information content (AvgIpc) is 2.95. The summed E-state index contributed by atoms with van der Waals surface area (Å²) in [5.74, 6) is 1.87. The Kier molecular flexibility index (Phi) is 5.38. The summed E-state index contributed by atoms with van der Waals surface area (Å²) in [6.45, 7) is 4.94. The molecule has 0 bridgehead atoms. The van der Waals surface area contributed by atoms with Crippen LogP contribution >= 0.6 is 0 Å². The van der Waals surface area contributed by atoms with Gasteiger partial charge in [0.05, 0.1) is 26.5 Å². The van der Waals surface area contributed by atoms with E-state index in [1.165, 1.54) is 0 Å². The van der Waals surface area contributed by atoms with Crippen molar-refractivity contribution in [3.63, 3.8) is 0 Å². The number of aromatic nitrogens is 3. The molecular formula is C16H23N3O3. The van der Waals surface area contributed by atoms with Crippen molar-refractivity contribution in [2.24, 2.45) is 5.92 Å². The Balaban J connectivity index is 2.43. The van der Waals surface area contributed by atoms with Crippen molar-refractivity contribution < 1.29 is 14.6 Å². The first-order valence-corrected chi connectivity index (χ1v) is 7.36. The van der Waals surface area contributed by atoms with E-state index in [2.05, 4.69) is 24.2 Å². The predicted molar refractivity (Wildman–Crippen MR) is 83.9 cm³/mol. The molecule has 1 aromatic heterocycles. The van der Waals surface area contributed by atoms with Gasteiger partial charge in [-0.3, -0.25) is 0 Å². The molecule has 0 aliphatic heterocycles. The highest BCUT2D eigenvalue weighted by Crippen LogP contribution is 2.33. The Morgan fingerprint density at radius 3 is 2.50 bits per heavy atom. The van der Waals surface area contributed by atoms with Crippen molar-refractivity contribution in [1.29, 1.82) is 0 Å². The van der Waals surface area contributed by atoms with Gasteiger partial charge in [0, 0.05) is 12.1 Å². The van der Waals surface area contributed by atoms with Gasteiger partial charge in [-0.15, -0.1) is 5.10 Å². The van der Waals surface area contributed by atoms with Gasteiger partial charge in [0.1, 0.15) is 5.69 Å². The normalized spacial score (nSPS) is 11.0. The van der Waals surface area contributed by atoms with Crippen molar-refractivity contribution in [3.8, 4) is 22.8 Å². The maximum atomic E-state index is 9.53. The first-order valence-electron chi connectivity index (χ1n) is 7.36. The SMILES string of the molecule is COc1ccc(-c2c(CO)nnn2CCC(C)C)cc1OC. The van der Waals surface area contributed by atoms with Crippen LogP contribution in [0.1, 0.15) is 26.0 Å².